The first-order valence-corrected chi connectivity index (χ1v) is 6.11. The third kappa shape index (κ3) is 3.09. The first-order chi connectivity index (χ1) is 6.83. The molecule has 0 spiro atoms. The zero-order chi connectivity index (χ0) is 11.6. The second-order valence-electron chi connectivity index (χ2n) is 3.35. The molecular formula is C9H13ClN2O2S. The van der Waals surface area contributed by atoms with Gasteiger partial charge in [-0.1, -0.05) is 11.6 Å². The Bertz CT molecular complexity index is 457. The zero-order valence-corrected chi connectivity index (χ0v) is 10.4. The molecule has 1 N–H and O–H groups in total. The molecule has 0 amide bonds. The van der Waals surface area contributed by atoms with Crippen molar-refractivity contribution in [1.82, 2.24) is 4.31 Å². The van der Waals surface area contributed by atoms with E-state index in [0.29, 0.717) is 10.7 Å². The van der Waals surface area contributed by atoms with E-state index >= 15 is 0 Å². The van der Waals surface area contributed by atoms with E-state index in [1.807, 2.05) is 0 Å². The average molecular weight is 249 g/mol. The summed E-state index contributed by atoms with van der Waals surface area (Å²) >= 11 is 5.76. The Morgan fingerprint density at radius 1 is 1.33 bits per heavy atom. The number of aryl methyl sites for hydroxylation is 1. The highest BCUT2D eigenvalue weighted by Gasteiger charge is 2.13. The zero-order valence-electron chi connectivity index (χ0n) is 8.78. The maximum absolute atomic E-state index is 11.5. The van der Waals surface area contributed by atoms with Gasteiger partial charge in [0.1, 0.15) is 0 Å². The highest BCUT2D eigenvalue weighted by atomic mass is 35.5. The summed E-state index contributed by atoms with van der Waals surface area (Å²) in [7, 11) is -0.515. The largest absolute Gasteiger partial charge is 0.301 e. The fourth-order valence-corrected chi connectivity index (χ4v) is 1.89. The number of nitrogens with zero attached hydrogens (tertiary/aromatic N) is 1. The van der Waals surface area contributed by atoms with Crippen molar-refractivity contribution in [2.45, 2.75) is 6.92 Å². The van der Waals surface area contributed by atoms with Gasteiger partial charge in [0.25, 0.3) is 0 Å². The Labute approximate surface area is 95.0 Å². The monoisotopic (exact) mass is 248 g/mol. The summed E-state index contributed by atoms with van der Waals surface area (Å²) in [5, 5.41) is 0.584. The van der Waals surface area contributed by atoms with Gasteiger partial charge in [0.05, 0.1) is 5.69 Å². The Balaban J connectivity index is 3.01. The average Bonchev–Trinajstić information content (AvgIpc) is 2.09. The Morgan fingerprint density at radius 2 is 1.93 bits per heavy atom. The standard InChI is InChI=1S/C9H13ClN2O2S/c1-7-6-8(10)4-5-9(7)11-15(13,14)12(2)3/h4-6,11H,1-3H3. The van der Waals surface area contributed by atoms with Crippen LogP contribution in [0.4, 0.5) is 5.69 Å². The fourth-order valence-electron chi connectivity index (χ4n) is 0.972. The van der Waals surface area contributed by atoms with Gasteiger partial charge in [-0.2, -0.15) is 12.7 Å². The predicted octanol–water partition coefficient (Wildman–Crippen LogP) is 1.87. The molecule has 0 fully saturated rings. The molecule has 15 heavy (non-hydrogen) atoms. The van der Waals surface area contributed by atoms with Crippen molar-refractivity contribution in [2.75, 3.05) is 18.8 Å². The summed E-state index contributed by atoms with van der Waals surface area (Å²) in [6.07, 6.45) is 0. The van der Waals surface area contributed by atoms with E-state index in [9.17, 15) is 8.42 Å². The minimum Gasteiger partial charge on any atom is -0.271 e. The molecule has 0 saturated heterocycles. The minimum absolute atomic E-state index is 0.535. The number of halogens is 1. The van der Waals surface area contributed by atoms with Crippen molar-refractivity contribution < 1.29 is 8.42 Å². The van der Waals surface area contributed by atoms with Crippen molar-refractivity contribution in [3.8, 4) is 0 Å². The number of rotatable bonds is 3. The molecule has 0 aliphatic heterocycles. The molecule has 4 nitrogen and oxygen atoms in total. The van der Waals surface area contributed by atoms with Crippen molar-refractivity contribution in [1.29, 1.82) is 0 Å². The summed E-state index contributed by atoms with van der Waals surface area (Å²) < 4.78 is 26.6. The third-order valence-electron chi connectivity index (χ3n) is 1.91. The normalized spacial score (nSPS) is 11.8. The number of nitrogens with one attached hydrogen (secondary N) is 1. The molecule has 0 aromatic heterocycles. The molecule has 0 aliphatic rings. The summed E-state index contributed by atoms with van der Waals surface area (Å²) in [6.45, 7) is 1.79. The number of benzene rings is 1. The molecule has 0 saturated carbocycles. The molecule has 6 heteroatoms. The lowest BCUT2D eigenvalue weighted by Crippen LogP contribution is -2.29. The molecule has 0 bridgehead atoms. The van der Waals surface area contributed by atoms with Gasteiger partial charge in [-0.05, 0) is 30.7 Å². The van der Waals surface area contributed by atoms with Crippen LogP contribution in [0.25, 0.3) is 0 Å². The van der Waals surface area contributed by atoms with Gasteiger partial charge in [-0.15, -0.1) is 0 Å². The smallest absolute Gasteiger partial charge is 0.271 e. The van der Waals surface area contributed by atoms with E-state index in [2.05, 4.69) is 4.72 Å². The Morgan fingerprint density at radius 3 is 2.40 bits per heavy atom. The molecule has 0 aliphatic carbocycles. The van der Waals surface area contributed by atoms with E-state index in [1.54, 1.807) is 25.1 Å². The molecule has 1 rings (SSSR count). The van der Waals surface area contributed by atoms with E-state index in [1.165, 1.54) is 14.1 Å². The van der Waals surface area contributed by atoms with Crippen LogP contribution in [0.5, 0.6) is 0 Å². The van der Waals surface area contributed by atoms with Gasteiger partial charge in [0.15, 0.2) is 0 Å². The SMILES string of the molecule is Cc1cc(Cl)ccc1NS(=O)(=O)N(C)C. The van der Waals surface area contributed by atoms with Crippen LogP contribution in [-0.4, -0.2) is 26.8 Å². The molecule has 0 unspecified atom stereocenters. The fraction of sp³-hybridized carbons (Fsp3) is 0.333. The number of hydrogen-bond donors (Lipinski definition) is 1. The van der Waals surface area contributed by atoms with Gasteiger partial charge >= 0.3 is 10.2 Å². The van der Waals surface area contributed by atoms with E-state index in [4.69, 9.17) is 11.6 Å². The summed E-state index contributed by atoms with van der Waals surface area (Å²) in [5.41, 5.74) is 1.32. The summed E-state index contributed by atoms with van der Waals surface area (Å²) in [4.78, 5) is 0. The Kier molecular flexibility index (Phi) is 3.59. The molecule has 1 aromatic rings. The molecular weight excluding hydrogens is 236 g/mol. The maximum atomic E-state index is 11.5. The quantitative estimate of drug-likeness (QED) is 0.888. The lowest BCUT2D eigenvalue weighted by molar-refractivity contribution is 0.527. The second kappa shape index (κ2) is 4.38. The molecule has 84 valence electrons. The summed E-state index contributed by atoms with van der Waals surface area (Å²) in [5.74, 6) is 0. The van der Waals surface area contributed by atoms with Crippen LogP contribution in [0.2, 0.25) is 5.02 Å². The van der Waals surface area contributed by atoms with Crippen LogP contribution in [0.15, 0.2) is 18.2 Å². The topological polar surface area (TPSA) is 49.4 Å². The van der Waals surface area contributed by atoms with E-state index < -0.39 is 10.2 Å². The van der Waals surface area contributed by atoms with Crippen LogP contribution in [-0.2, 0) is 10.2 Å². The van der Waals surface area contributed by atoms with Crippen LogP contribution in [0.1, 0.15) is 5.56 Å². The van der Waals surface area contributed by atoms with Crippen molar-refractivity contribution in [2.24, 2.45) is 0 Å². The number of hydrogen-bond acceptors (Lipinski definition) is 2. The minimum atomic E-state index is -3.45. The lowest BCUT2D eigenvalue weighted by Gasteiger charge is -2.14. The third-order valence-corrected chi connectivity index (χ3v) is 3.58. The molecule has 0 heterocycles. The van der Waals surface area contributed by atoms with Crippen LogP contribution >= 0.6 is 11.6 Å². The summed E-state index contributed by atoms with van der Waals surface area (Å²) in [6, 6.07) is 4.98. The predicted molar refractivity (Wildman–Crippen MR) is 62.4 cm³/mol. The highest BCUT2D eigenvalue weighted by Crippen LogP contribution is 2.20. The van der Waals surface area contributed by atoms with Gasteiger partial charge < -0.3 is 0 Å². The van der Waals surface area contributed by atoms with Crippen molar-refractivity contribution in [3.63, 3.8) is 0 Å². The number of anilines is 1. The molecule has 1 aromatic carbocycles. The Hall–Kier alpha value is -0.780. The van der Waals surface area contributed by atoms with Gasteiger partial charge in [-0.25, -0.2) is 0 Å². The van der Waals surface area contributed by atoms with E-state index in [0.717, 1.165) is 9.87 Å². The first-order valence-electron chi connectivity index (χ1n) is 4.29. The highest BCUT2D eigenvalue weighted by molar-refractivity contribution is 7.90. The molecule has 0 radical (unpaired) electrons. The van der Waals surface area contributed by atoms with E-state index in [-0.39, 0.29) is 0 Å². The van der Waals surface area contributed by atoms with Crippen LogP contribution in [0, 0.1) is 6.92 Å². The van der Waals surface area contributed by atoms with Crippen molar-refractivity contribution >= 4 is 27.5 Å². The lowest BCUT2D eigenvalue weighted by atomic mass is 10.2. The van der Waals surface area contributed by atoms with Gasteiger partial charge in [0.2, 0.25) is 0 Å². The van der Waals surface area contributed by atoms with Gasteiger partial charge in [-0.3, -0.25) is 4.72 Å². The maximum Gasteiger partial charge on any atom is 0.301 e. The van der Waals surface area contributed by atoms with Crippen molar-refractivity contribution in [3.05, 3.63) is 28.8 Å². The van der Waals surface area contributed by atoms with Crippen LogP contribution < -0.4 is 4.72 Å². The van der Waals surface area contributed by atoms with Crippen LogP contribution in [0.3, 0.4) is 0 Å². The second-order valence-corrected chi connectivity index (χ2v) is 5.67. The van der Waals surface area contributed by atoms with Gasteiger partial charge in [0, 0.05) is 19.1 Å². The first kappa shape index (κ1) is 12.3. The molecule has 0 atom stereocenters.